The van der Waals surface area contributed by atoms with Gasteiger partial charge in [0.1, 0.15) is 5.69 Å². The number of rotatable bonds is 3. The van der Waals surface area contributed by atoms with Gasteiger partial charge in [-0.3, -0.25) is 9.48 Å². The molecule has 3 rings (SSSR count). The zero-order valence-electron chi connectivity index (χ0n) is 11.5. The molecule has 2 aromatic rings. The van der Waals surface area contributed by atoms with Crippen molar-refractivity contribution in [2.75, 3.05) is 0 Å². The zero-order chi connectivity index (χ0) is 14.1. The van der Waals surface area contributed by atoms with E-state index in [1.807, 2.05) is 19.1 Å². The van der Waals surface area contributed by atoms with Gasteiger partial charge < -0.3 is 0 Å². The van der Waals surface area contributed by atoms with Crippen LogP contribution < -0.4 is 0 Å². The van der Waals surface area contributed by atoms with Gasteiger partial charge in [0.15, 0.2) is 5.78 Å². The first-order valence-corrected chi connectivity index (χ1v) is 7.43. The maximum absolute atomic E-state index is 12.9. The summed E-state index contributed by atoms with van der Waals surface area (Å²) in [6.07, 6.45) is 4.56. The lowest BCUT2D eigenvalue weighted by Gasteiger charge is -2.24. The van der Waals surface area contributed by atoms with E-state index in [9.17, 15) is 4.79 Å². The summed E-state index contributed by atoms with van der Waals surface area (Å²) >= 11 is 6.16. The van der Waals surface area contributed by atoms with Crippen molar-refractivity contribution < 1.29 is 4.79 Å². The number of aryl methyl sites for hydroxylation is 2. The minimum atomic E-state index is -0.0838. The Kier molecular flexibility index (Phi) is 3.62. The van der Waals surface area contributed by atoms with Crippen LogP contribution in [-0.4, -0.2) is 15.6 Å². The summed E-state index contributed by atoms with van der Waals surface area (Å²) in [6, 6.07) is 8.23. The SMILES string of the molecule is CCn1ncc(Cl)c1C(=O)C1CCCc2ccccc21. The number of hydrogen-bond donors (Lipinski definition) is 0. The number of hydrogen-bond acceptors (Lipinski definition) is 2. The predicted molar refractivity (Wildman–Crippen MR) is 79.4 cm³/mol. The fourth-order valence-electron chi connectivity index (χ4n) is 3.04. The molecule has 0 N–H and O–H groups in total. The van der Waals surface area contributed by atoms with Crippen molar-refractivity contribution in [2.24, 2.45) is 0 Å². The first-order chi connectivity index (χ1) is 9.72. The molecule has 1 aromatic carbocycles. The normalized spacial score (nSPS) is 17.8. The number of aromatic nitrogens is 2. The van der Waals surface area contributed by atoms with E-state index in [1.165, 1.54) is 5.56 Å². The molecule has 1 unspecified atom stereocenters. The largest absolute Gasteiger partial charge is 0.292 e. The Labute approximate surface area is 123 Å². The molecule has 3 nitrogen and oxygen atoms in total. The van der Waals surface area contributed by atoms with Crippen molar-refractivity contribution >= 4 is 17.4 Å². The van der Waals surface area contributed by atoms with Crippen LogP contribution in [0.2, 0.25) is 5.02 Å². The second kappa shape index (κ2) is 5.41. The van der Waals surface area contributed by atoms with Gasteiger partial charge in [0, 0.05) is 12.5 Å². The summed E-state index contributed by atoms with van der Waals surface area (Å²) in [5.41, 5.74) is 3.00. The highest BCUT2D eigenvalue weighted by Gasteiger charge is 2.30. The molecule has 0 fully saturated rings. The standard InChI is InChI=1S/C16H17ClN2O/c1-2-19-15(14(17)10-18-19)16(20)13-9-5-7-11-6-3-4-8-12(11)13/h3-4,6,8,10,13H,2,5,7,9H2,1H3. The number of nitrogens with zero attached hydrogens (tertiary/aromatic N) is 2. The van der Waals surface area contributed by atoms with Crippen LogP contribution in [0.5, 0.6) is 0 Å². The Morgan fingerprint density at radius 1 is 1.45 bits per heavy atom. The number of ketones is 1. The lowest BCUT2D eigenvalue weighted by Crippen LogP contribution is -2.21. The average molecular weight is 289 g/mol. The number of carbonyl (C=O) groups excluding carboxylic acids is 1. The number of halogens is 1. The number of fused-ring (bicyclic) bond motifs is 1. The molecule has 0 spiro atoms. The maximum Gasteiger partial charge on any atom is 0.189 e. The summed E-state index contributed by atoms with van der Waals surface area (Å²) in [5, 5.41) is 4.63. The molecule has 1 heterocycles. The quantitative estimate of drug-likeness (QED) is 0.804. The number of benzene rings is 1. The van der Waals surface area contributed by atoms with Gasteiger partial charge >= 0.3 is 0 Å². The van der Waals surface area contributed by atoms with E-state index in [2.05, 4.69) is 17.2 Å². The molecule has 1 aromatic heterocycles. The molecular weight excluding hydrogens is 272 g/mol. The molecule has 0 amide bonds. The third-order valence-corrected chi connectivity index (χ3v) is 4.29. The van der Waals surface area contributed by atoms with Crippen molar-refractivity contribution in [3.05, 3.63) is 52.3 Å². The van der Waals surface area contributed by atoms with Crippen molar-refractivity contribution in [1.82, 2.24) is 9.78 Å². The molecule has 0 bridgehead atoms. The van der Waals surface area contributed by atoms with E-state index in [-0.39, 0.29) is 11.7 Å². The minimum absolute atomic E-state index is 0.0838. The Hall–Kier alpha value is -1.61. The van der Waals surface area contributed by atoms with Gasteiger partial charge in [-0.15, -0.1) is 0 Å². The first kappa shape index (κ1) is 13.4. The third kappa shape index (κ3) is 2.16. The number of Topliss-reactive ketones (excluding diaryl/α,β-unsaturated/α-hetero) is 1. The highest BCUT2D eigenvalue weighted by Crippen LogP contribution is 2.35. The Morgan fingerprint density at radius 3 is 3.05 bits per heavy atom. The summed E-state index contributed by atoms with van der Waals surface area (Å²) in [6.45, 7) is 2.62. The molecular formula is C16H17ClN2O. The van der Waals surface area contributed by atoms with Crippen LogP contribution in [0.1, 0.15) is 47.3 Å². The van der Waals surface area contributed by atoms with Crippen LogP contribution in [0.15, 0.2) is 30.5 Å². The van der Waals surface area contributed by atoms with E-state index in [1.54, 1.807) is 10.9 Å². The van der Waals surface area contributed by atoms with E-state index in [0.29, 0.717) is 17.3 Å². The first-order valence-electron chi connectivity index (χ1n) is 7.05. The smallest absolute Gasteiger partial charge is 0.189 e. The molecule has 1 aliphatic carbocycles. The predicted octanol–water partition coefficient (Wildman–Crippen LogP) is 3.86. The Morgan fingerprint density at radius 2 is 2.25 bits per heavy atom. The lowest BCUT2D eigenvalue weighted by atomic mass is 9.80. The van der Waals surface area contributed by atoms with Gasteiger partial charge in [-0.25, -0.2) is 0 Å². The van der Waals surface area contributed by atoms with Crippen LogP contribution in [-0.2, 0) is 13.0 Å². The van der Waals surface area contributed by atoms with Gasteiger partial charge in [0.05, 0.1) is 11.2 Å². The summed E-state index contributed by atoms with van der Waals surface area (Å²) < 4.78 is 1.70. The fourth-order valence-corrected chi connectivity index (χ4v) is 3.27. The second-order valence-corrected chi connectivity index (χ2v) is 5.57. The Balaban J connectivity index is 2.02. The molecule has 0 aliphatic heterocycles. The maximum atomic E-state index is 12.9. The lowest BCUT2D eigenvalue weighted by molar-refractivity contribution is 0.0940. The highest BCUT2D eigenvalue weighted by atomic mass is 35.5. The van der Waals surface area contributed by atoms with Crippen LogP contribution >= 0.6 is 11.6 Å². The van der Waals surface area contributed by atoms with Gasteiger partial charge in [-0.1, -0.05) is 35.9 Å². The average Bonchev–Trinajstić information content (AvgIpc) is 2.87. The highest BCUT2D eigenvalue weighted by molar-refractivity contribution is 6.33. The fraction of sp³-hybridized carbons (Fsp3) is 0.375. The minimum Gasteiger partial charge on any atom is -0.292 e. The van der Waals surface area contributed by atoms with E-state index < -0.39 is 0 Å². The molecule has 0 saturated heterocycles. The van der Waals surface area contributed by atoms with Gasteiger partial charge in [0.25, 0.3) is 0 Å². The molecule has 4 heteroatoms. The monoisotopic (exact) mass is 288 g/mol. The van der Waals surface area contributed by atoms with Crippen LogP contribution in [0, 0.1) is 0 Å². The summed E-state index contributed by atoms with van der Waals surface area (Å²) in [4.78, 5) is 12.9. The van der Waals surface area contributed by atoms with E-state index in [4.69, 9.17) is 11.6 Å². The van der Waals surface area contributed by atoms with Crippen LogP contribution in [0.3, 0.4) is 0 Å². The zero-order valence-corrected chi connectivity index (χ0v) is 12.2. The van der Waals surface area contributed by atoms with Gasteiger partial charge in [-0.2, -0.15) is 5.10 Å². The molecule has 0 radical (unpaired) electrons. The molecule has 104 valence electrons. The van der Waals surface area contributed by atoms with Crippen molar-refractivity contribution in [1.29, 1.82) is 0 Å². The van der Waals surface area contributed by atoms with Crippen LogP contribution in [0.25, 0.3) is 0 Å². The second-order valence-electron chi connectivity index (χ2n) is 5.16. The van der Waals surface area contributed by atoms with Crippen LogP contribution in [0.4, 0.5) is 0 Å². The van der Waals surface area contributed by atoms with E-state index in [0.717, 1.165) is 24.8 Å². The third-order valence-electron chi connectivity index (χ3n) is 4.01. The van der Waals surface area contributed by atoms with Crippen molar-refractivity contribution in [3.8, 4) is 0 Å². The Bertz CT molecular complexity index is 648. The van der Waals surface area contributed by atoms with Gasteiger partial charge in [-0.05, 0) is 37.3 Å². The van der Waals surface area contributed by atoms with E-state index >= 15 is 0 Å². The number of carbonyl (C=O) groups is 1. The van der Waals surface area contributed by atoms with Crippen molar-refractivity contribution in [2.45, 2.75) is 38.6 Å². The molecule has 0 saturated carbocycles. The van der Waals surface area contributed by atoms with Crippen molar-refractivity contribution in [3.63, 3.8) is 0 Å². The molecule has 1 atom stereocenters. The molecule has 1 aliphatic rings. The van der Waals surface area contributed by atoms with Gasteiger partial charge in [0.2, 0.25) is 0 Å². The summed E-state index contributed by atoms with van der Waals surface area (Å²) in [7, 11) is 0. The molecule has 20 heavy (non-hydrogen) atoms. The summed E-state index contributed by atoms with van der Waals surface area (Å²) in [5.74, 6) is 0.0148. The topological polar surface area (TPSA) is 34.9 Å².